The molecule has 1 unspecified atom stereocenters. The summed E-state index contributed by atoms with van der Waals surface area (Å²) in [5, 5.41) is 4.47. The van der Waals surface area contributed by atoms with Crippen LogP contribution in [-0.4, -0.2) is 21.3 Å². The minimum Gasteiger partial charge on any atom is -0.330 e. The zero-order valence-electron chi connectivity index (χ0n) is 9.32. The molecule has 0 aliphatic rings. The smallest absolute Gasteiger partial charge is 0.150 e. The number of aryl methyl sites for hydroxylation is 2. The molecule has 0 saturated heterocycles. The summed E-state index contributed by atoms with van der Waals surface area (Å²) in [4.78, 5) is 4.46. The molecule has 0 spiro atoms. The van der Waals surface area contributed by atoms with Crippen LogP contribution in [0.15, 0.2) is 0 Å². The Bertz CT molecular complexity index is 280. The van der Waals surface area contributed by atoms with Gasteiger partial charge in [0.25, 0.3) is 0 Å². The lowest BCUT2D eigenvalue weighted by molar-refractivity contribution is 0.446. The molecule has 0 fully saturated rings. The quantitative estimate of drug-likeness (QED) is 0.772. The molecule has 80 valence electrons. The fourth-order valence-electron chi connectivity index (χ4n) is 1.51. The van der Waals surface area contributed by atoms with Gasteiger partial charge in [0.05, 0.1) is 6.04 Å². The third kappa shape index (κ3) is 2.32. The number of nitrogens with zero attached hydrogens (tertiary/aromatic N) is 3. The van der Waals surface area contributed by atoms with Crippen LogP contribution in [-0.2, 0) is 12.8 Å². The van der Waals surface area contributed by atoms with E-state index in [4.69, 9.17) is 5.73 Å². The van der Waals surface area contributed by atoms with Gasteiger partial charge in [0, 0.05) is 12.8 Å². The Morgan fingerprint density at radius 1 is 1.36 bits per heavy atom. The average molecular weight is 196 g/mol. The summed E-state index contributed by atoms with van der Waals surface area (Å²) >= 11 is 0. The van der Waals surface area contributed by atoms with Gasteiger partial charge in [-0.15, -0.1) is 0 Å². The molecule has 0 radical (unpaired) electrons. The number of hydrogen-bond acceptors (Lipinski definition) is 3. The first-order valence-corrected chi connectivity index (χ1v) is 5.37. The molecule has 1 aromatic heterocycles. The van der Waals surface area contributed by atoms with E-state index in [1.807, 2.05) is 4.68 Å². The van der Waals surface area contributed by atoms with E-state index in [-0.39, 0.29) is 0 Å². The summed E-state index contributed by atoms with van der Waals surface area (Å²) in [7, 11) is 0. The Morgan fingerprint density at radius 3 is 2.57 bits per heavy atom. The van der Waals surface area contributed by atoms with E-state index in [0.29, 0.717) is 12.6 Å². The van der Waals surface area contributed by atoms with Crippen molar-refractivity contribution in [1.82, 2.24) is 14.8 Å². The molecule has 0 aliphatic carbocycles. The van der Waals surface area contributed by atoms with Crippen molar-refractivity contribution in [1.29, 1.82) is 0 Å². The molecule has 0 aromatic carbocycles. The standard InChI is InChI=1S/C10H20N4/c1-4-9-12-10(5-2)14(13-9)8(3)6-7-11/h8H,4-7,11H2,1-3H3. The highest BCUT2D eigenvalue weighted by Gasteiger charge is 2.12. The van der Waals surface area contributed by atoms with Gasteiger partial charge in [-0.05, 0) is 19.9 Å². The molecule has 1 rings (SSSR count). The lowest BCUT2D eigenvalue weighted by atomic mass is 10.2. The van der Waals surface area contributed by atoms with Crippen LogP contribution in [0.3, 0.4) is 0 Å². The highest BCUT2D eigenvalue weighted by molar-refractivity contribution is 4.94. The Kier molecular flexibility index (Phi) is 4.07. The fraction of sp³-hybridized carbons (Fsp3) is 0.800. The first kappa shape index (κ1) is 11.2. The molecular weight excluding hydrogens is 176 g/mol. The molecule has 0 saturated carbocycles. The van der Waals surface area contributed by atoms with E-state index in [1.54, 1.807) is 0 Å². The molecular formula is C10H20N4. The van der Waals surface area contributed by atoms with Crippen molar-refractivity contribution in [3.63, 3.8) is 0 Å². The second-order valence-corrected chi connectivity index (χ2v) is 3.52. The van der Waals surface area contributed by atoms with Crippen LogP contribution < -0.4 is 5.73 Å². The highest BCUT2D eigenvalue weighted by atomic mass is 15.4. The second-order valence-electron chi connectivity index (χ2n) is 3.52. The van der Waals surface area contributed by atoms with Crippen molar-refractivity contribution in [2.75, 3.05) is 6.54 Å². The normalized spacial score (nSPS) is 13.1. The van der Waals surface area contributed by atoms with Crippen LogP contribution in [0.4, 0.5) is 0 Å². The molecule has 0 aliphatic heterocycles. The molecule has 1 aromatic rings. The first-order chi connectivity index (χ1) is 6.72. The molecule has 14 heavy (non-hydrogen) atoms. The minimum absolute atomic E-state index is 0.364. The topological polar surface area (TPSA) is 56.7 Å². The lowest BCUT2D eigenvalue weighted by Gasteiger charge is -2.12. The van der Waals surface area contributed by atoms with Crippen LogP contribution in [0.2, 0.25) is 0 Å². The van der Waals surface area contributed by atoms with E-state index < -0.39 is 0 Å². The van der Waals surface area contributed by atoms with Crippen LogP contribution in [0.25, 0.3) is 0 Å². The summed E-state index contributed by atoms with van der Waals surface area (Å²) in [6.07, 6.45) is 2.79. The van der Waals surface area contributed by atoms with Crippen LogP contribution >= 0.6 is 0 Å². The summed E-state index contributed by atoms with van der Waals surface area (Å²) in [6.45, 7) is 7.02. The molecule has 4 nitrogen and oxygen atoms in total. The lowest BCUT2D eigenvalue weighted by Crippen LogP contribution is -2.14. The van der Waals surface area contributed by atoms with Crippen molar-refractivity contribution in [2.24, 2.45) is 5.73 Å². The van der Waals surface area contributed by atoms with E-state index >= 15 is 0 Å². The van der Waals surface area contributed by atoms with Gasteiger partial charge in [-0.1, -0.05) is 13.8 Å². The molecule has 1 heterocycles. The maximum atomic E-state index is 5.54. The maximum Gasteiger partial charge on any atom is 0.150 e. The van der Waals surface area contributed by atoms with Gasteiger partial charge in [0.1, 0.15) is 5.82 Å². The zero-order chi connectivity index (χ0) is 10.6. The molecule has 4 heteroatoms. The van der Waals surface area contributed by atoms with Gasteiger partial charge < -0.3 is 5.73 Å². The van der Waals surface area contributed by atoms with Crippen molar-refractivity contribution in [3.8, 4) is 0 Å². The van der Waals surface area contributed by atoms with Crippen molar-refractivity contribution in [3.05, 3.63) is 11.6 Å². The van der Waals surface area contributed by atoms with Gasteiger partial charge in [-0.2, -0.15) is 5.10 Å². The summed E-state index contributed by atoms with van der Waals surface area (Å²) in [5.74, 6) is 2.01. The SMILES string of the molecule is CCc1nc(CC)n(C(C)CCN)n1. The molecule has 2 N–H and O–H groups in total. The van der Waals surface area contributed by atoms with Crippen LogP contribution in [0.1, 0.15) is 44.9 Å². The van der Waals surface area contributed by atoms with E-state index in [1.165, 1.54) is 0 Å². The highest BCUT2D eigenvalue weighted by Crippen LogP contribution is 2.12. The number of hydrogen-bond donors (Lipinski definition) is 1. The first-order valence-electron chi connectivity index (χ1n) is 5.37. The number of nitrogens with two attached hydrogens (primary N) is 1. The summed E-state index contributed by atoms with van der Waals surface area (Å²) in [5.41, 5.74) is 5.54. The van der Waals surface area contributed by atoms with Gasteiger partial charge in [0.15, 0.2) is 5.82 Å². The fourth-order valence-corrected chi connectivity index (χ4v) is 1.51. The zero-order valence-corrected chi connectivity index (χ0v) is 9.32. The minimum atomic E-state index is 0.364. The van der Waals surface area contributed by atoms with Crippen molar-refractivity contribution in [2.45, 2.75) is 46.1 Å². The van der Waals surface area contributed by atoms with Gasteiger partial charge in [-0.3, -0.25) is 0 Å². The predicted octanol–water partition coefficient (Wildman–Crippen LogP) is 1.31. The van der Waals surface area contributed by atoms with Crippen molar-refractivity contribution >= 4 is 0 Å². The molecule has 1 atom stereocenters. The largest absolute Gasteiger partial charge is 0.330 e. The Morgan fingerprint density at radius 2 is 2.07 bits per heavy atom. The number of aromatic nitrogens is 3. The number of rotatable bonds is 5. The molecule has 0 amide bonds. The predicted molar refractivity (Wildman–Crippen MR) is 57.2 cm³/mol. The van der Waals surface area contributed by atoms with Gasteiger partial charge in [0.2, 0.25) is 0 Å². The van der Waals surface area contributed by atoms with E-state index in [9.17, 15) is 0 Å². The van der Waals surface area contributed by atoms with Crippen LogP contribution in [0.5, 0.6) is 0 Å². The summed E-state index contributed by atoms with van der Waals surface area (Å²) in [6, 6.07) is 0.364. The van der Waals surface area contributed by atoms with Gasteiger partial charge >= 0.3 is 0 Å². The molecule has 0 bridgehead atoms. The van der Waals surface area contributed by atoms with E-state index in [2.05, 4.69) is 30.9 Å². The monoisotopic (exact) mass is 196 g/mol. The van der Waals surface area contributed by atoms with Crippen molar-refractivity contribution < 1.29 is 0 Å². The third-order valence-corrected chi connectivity index (χ3v) is 2.38. The Balaban J connectivity index is 2.87. The second kappa shape index (κ2) is 5.10. The third-order valence-electron chi connectivity index (χ3n) is 2.38. The maximum absolute atomic E-state index is 5.54. The van der Waals surface area contributed by atoms with E-state index in [0.717, 1.165) is 30.9 Å². The summed E-state index contributed by atoms with van der Waals surface area (Å²) < 4.78 is 2.02. The Hall–Kier alpha value is -0.900. The van der Waals surface area contributed by atoms with Crippen LogP contribution in [0, 0.1) is 0 Å². The average Bonchev–Trinajstić information content (AvgIpc) is 2.61. The Labute approximate surface area is 85.5 Å². The van der Waals surface area contributed by atoms with Gasteiger partial charge in [-0.25, -0.2) is 9.67 Å².